The molecule has 2 aromatic heterocycles. The van der Waals surface area contributed by atoms with Crippen LogP contribution in [0.5, 0.6) is 0 Å². The number of nitrogens with one attached hydrogen (secondary N) is 2. The maximum atomic E-state index is 11.8. The fourth-order valence-corrected chi connectivity index (χ4v) is 1.32. The second-order valence-electron chi connectivity index (χ2n) is 3.37. The molecule has 0 atom stereocenters. The first kappa shape index (κ1) is 11.1. The van der Waals surface area contributed by atoms with Crippen molar-refractivity contribution in [3.8, 4) is 0 Å². The van der Waals surface area contributed by atoms with Crippen molar-refractivity contribution >= 4 is 17.4 Å². The summed E-state index contributed by atoms with van der Waals surface area (Å²) in [6.07, 6.45) is 4.76. The molecule has 0 radical (unpaired) electrons. The molecule has 0 saturated heterocycles. The van der Waals surface area contributed by atoms with Gasteiger partial charge in [-0.1, -0.05) is 0 Å². The number of amides is 1. The molecule has 0 spiro atoms. The van der Waals surface area contributed by atoms with E-state index < -0.39 is 0 Å². The number of nitrogens with zero attached hydrogens (tertiary/aromatic N) is 2. The van der Waals surface area contributed by atoms with Crippen LogP contribution in [0.15, 0.2) is 42.9 Å². The summed E-state index contributed by atoms with van der Waals surface area (Å²) >= 11 is 0. The molecule has 0 unspecified atom stereocenters. The fraction of sp³-hybridized carbons (Fsp3) is 0.0833. The maximum absolute atomic E-state index is 11.8. The Balaban J connectivity index is 2.08. The molecule has 0 fully saturated rings. The minimum atomic E-state index is -0.175. The molecule has 0 aromatic carbocycles. The quantitative estimate of drug-likeness (QED) is 0.840. The zero-order chi connectivity index (χ0) is 12.1. The summed E-state index contributed by atoms with van der Waals surface area (Å²) in [7, 11) is 1.79. The molecule has 5 heteroatoms. The number of aromatic nitrogens is 2. The Morgan fingerprint density at radius 3 is 2.53 bits per heavy atom. The topological polar surface area (TPSA) is 66.9 Å². The van der Waals surface area contributed by atoms with Gasteiger partial charge in [0.2, 0.25) is 0 Å². The van der Waals surface area contributed by atoms with Gasteiger partial charge in [0.05, 0.1) is 11.9 Å². The van der Waals surface area contributed by atoms with E-state index in [0.717, 1.165) is 5.82 Å². The summed E-state index contributed by atoms with van der Waals surface area (Å²) < 4.78 is 0. The van der Waals surface area contributed by atoms with Gasteiger partial charge in [0.25, 0.3) is 5.91 Å². The van der Waals surface area contributed by atoms with Crippen molar-refractivity contribution in [3.63, 3.8) is 0 Å². The van der Waals surface area contributed by atoms with Crippen LogP contribution in [0.4, 0.5) is 11.5 Å². The molecule has 0 bridgehead atoms. The molecular formula is C12H12N4O. The van der Waals surface area contributed by atoms with Gasteiger partial charge in [0.15, 0.2) is 0 Å². The average Bonchev–Trinajstić information content (AvgIpc) is 2.40. The molecule has 2 heterocycles. The average molecular weight is 228 g/mol. The molecule has 0 aliphatic heterocycles. The molecule has 0 saturated carbocycles. The van der Waals surface area contributed by atoms with Crippen molar-refractivity contribution in [1.82, 2.24) is 9.97 Å². The van der Waals surface area contributed by atoms with Gasteiger partial charge in [-0.3, -0.25) is 9.78 Å². The third-order valence-electron chi connectivity index (χ3n) is 2.22. The monoisotopic (exact) mass is 228 g/mol. The first-order valence-corrected chi connectivity index (χ1v) is 5.15. The van der Waals surface area contributed by atoms with E-state index >= 15 is 0 Å². The molecule has 2 rings (SSSR count). The Morgan fingerprint density at radius 1 is 1.18 bits per heavy atom. The lowest BCUT2D eigenvalue weighted by atomic mass is 10.2. The van der Waals surface area contributed by atoms with Crippen LogP contribution in [0, 0.1) is 0 Å². The Labute approximate surface area is 98.9 Å². The van der Waals surface area contributed by atoms with Gasteiger partial charge in [-0.15, -0.1) is 0 Å². The van der Waals surface area contributed by atoms with Crippen molar-refractivity contribution < 1.29 is 4.79 Å². The minimum absolute atomic E-state index is 0.175. The van der Waals surface area contributed by atoms with Crippen molar-refractivity contribution in [1.29, 1.82) is 0 Å². The second kappa shape index (κ2) is 5.07. The number of carbonyl (C=O) groups is 1. The van der Waals surface area contributed by atoms with Crippen LogP contribution in [0.2, 0.25) is 0 Å². The normalized spacial score (nSPS) is 9.71. The van der Waals surface area contributed by atoms with E-state index in [2.05, 4.69) is 20.6 Å². The number of carbonyl (C=O) groups excluding carboxylic acids is 1. The van der Waals surface area contributed by atoms with Gasteiger partial charge >= 0.3 is 0 Å². The largest absolute Gasteiger partial charge is 0.373 e. The van der Waals surface area contributed by atoms with E-state index in [0.29, 0.717) is 11.3 Å². The van der Waals surface area contributed by atoms with Crippen LogP contribution in [-0.2, 0) is 0 Å². The van der Waals surface area contributed by atoms with Crippen molar-refractivity contribution in [3.05, 3.63) is 48.4 Å². The van der Waals surface area contributed by atoms with Crippen molar-refractivity contribution in [2.45, 2.75) is 0 Å². The zero-order valence-electron chi connectivity index (χ0n) is 9.34. The van der Waals surface area contributed by atoms with E-state index in [9.17, 15) is 4.79 Å². The third-order valence-corrected chi connectivity index (χ3v) is 2.22. The lowest BCUT2D eigenvalue weighted by Crippen LogP contribution is -2.12. The first-order chi connectivity index (χ1) is 8.29. The van der Waals surface area contributed by atoms with E-state index in [4.69, 9.17) is 0 Å². The molecule has 2 aromatic rings. The van der Waals surface area contributed by atoms with E-state index in [1.165, 1.54) is 0 Å². The number of rotatable bonds is 3. The summed E-state index contributed by atoms with van der Waals surface area (Å²) in [5, 5.41) is 5.66. The molecule has 86 valence electrons. The SMILES string of the molecule is CNc1ccc(NC(=O)c2ccncc2)cn1. The number of pyridine rings is 2. The highest BCUT2D eigenvalue weighted by Crippen LogP contribution is 2.10. The lowest BCUT2D eigenvalue weighted by molar-refractivity contribution is 0.102. The zero-order valence-corrected chi connectivity index (χ0v) is 9.34. The highest BCUT2D eigenvalue weighted by atomic mass is 16.1. The summed E-state index contributed by atoms with van der Waals surface area (Å²) in [5.74, 6) is 0.582. The minimum Gasteiger partial charge on any atom is -0.373 e. The van der Waals surface area contributed by atoms with Crippen LogP contribution in [0.3, 0.4) is 0 Å². The van der Waals surface area contributed by atoms with Crippen molar-refractivity contribution in [2.24, 2.45) is 0 Å². The highest BCUT2D eigenvalue weighted by Gasteiger charge is 2.05. The molecule has 17 heavy (non-hydrogen) atoms. The molecular weight excluding hydrogens is 216 g/mol. The summed E-state index contributed by atoms with van der Waals surface area (Å²) in [4.78, 5) is 19.7. The third kappa shape index (κ3) is 2.78. The molecule has 0 aliphatic carbocycles. The predicted molar refractivity (Wildman–Crippen MR) is 66.0 cm³/mol. The fourth-order valence-electron chi connectivity index (χ4n) is 1.32. The first-order valence-electron chi connectivity index (χ1n) is 5.15. The molecule has 1 amide bonds. The second-order valence-corrected chi connectivity index (χ2v) is 3.37. The lowest BCUT2D eigenvalue weighted by Gasteiger charge is -2.05. The Hall–Kier alpha value is -2.43. The molecule has 0 aliphatic rings. The number of anilines is 2. The highest BCUT2D eigenvalue weighted by molar-refractivity contribution is 6.04. The van der Waals surface area contributed by atoms with E-state index in [1.54, 1.807) is 49.9 Å². The summed E-state index contributed by atoms with van der Waals surface area (Å²) in [6.45, 7) is 0. The van der Waals surface area contributed by atoms with Crippen LogP contribution >= 0.6 is 0 Å². The molecule has 2 N–H and O–H groups in total. The smallest absolute Gasteiger partial charge is 0.255 e. The van der Waals surface area contributed by atoms with E-state index in [-0.39, 0.29) is 5.91 Å². The predicted octanol–water partition coefficient (Wildman–Crippen LogP) is 1.77. The van der Waals surface area contributed by atoms with Crippen LogP contribution < -0.4 is 10.6 Å². The summed E-state index contributed by atoms with van der Waals surface area (Å²) in [6, 6.07) is 6.90. The van der Waals surface area contributed by atoms with Crippen LogP contribution in [-0.4, -0.2) is 22.9 Å². The van der Waals surface area contributed by atoms with Gasteiger partial charge in [0, 0.05) is 25.0 Å². The van der Waals surface area contributed by atoms with Gasteiger partial charge in [-0.05, 0) is 24.3 Å². The Kier molecular flexibility index (Phi) is 3.30. The number of hydrogen-bond donors (Lipinski definition) is 2. The standard InChI is InChI=1S/C12H12N4O/c1-13-11-3-2-10(8-15-11)16-12(17)9-4-6-14-7-5-9/h2-8H,1H3,(H,13,15)(H,16,17). The van der Waals surface area contributed by atoms with Gasteiger partial charge in [-0.2, -0.15) is 0 Å². The Bertz CT molecular complexity index is 496. The van der Waals surface area contributed by atoms with Gasteiger partial charge in [0.1, 0.15) is 5.82 Å². The van der Waals surface area contributed by atoms with Crippen molar-refractivity contribution in [2.75, 3.05) is 17.7 Å². The van der Waals surface area contributed by atoms with Crippen LogP contribution in [0.1, 0.15) is 10.4 Å². The van der Waals surface area contributed by atoms with E-state index in [1.807, 2.05) is 0 Å². The van der Waals surface area contributed by atoms with Crippen LogP contribution in [0.25, 0.3) is 0 Å². The molecule has 5 nitrogen and oxygen atoms in total. The summed E-state index contributed by atoms with van der Waals surface area (Å²) in [5.41, 5.74) is 1.23. The maximum Gasteiger partial charge on any atom is 0.255 e. The van der Waals surface area contributed by atoms with Gasteiger partial charge < -0.3 is 10.6 Å². The number of hydrogen-bond acceptors (Lipinski definition) is 4. The Morgan fingerprint density at radius 2 is 1.94 bits per heavy atom. The van der Waals surface area contributed by atoms with Gasteiger partial charge in [-0.25, -0.2) is 4.98 Å².